The summed E-state index contributed by atoms with van der Waals surface area (Å²) in [5, 5.41) is 14.4. The van der Waals surface area contributed by atoms with Crippen LogP contribution in [0.15, 0.2) is 116 Å². The van der Waals surface area contributed by atoms with Crippen LogP contribution in [0.4, 0.5) is 4.39 Å². The Kier molecular flexibility index (Phi) is 6.58. The van der Waals surface area contributed by atoms with Crippen LogP contribution in [0.3, 0.4) is 0 Å². The fourth-order valence-corrected chi connectivity index (χ4v) is 5.09. The molecule has 1 amide bonds. The molecule has 0 saturated carbocycles. The number of rotatable bonds is 7. The van der Waals surface area contributed by atoms with Crippen LogP contribution in [0.2, 0.25) is 0 Å². The lowest BCUT2D eigenvalue weighted by Crippen LogP contribution is -2.23. The van der Waals surface area contributed by atoms with Crippen LogP contribution in [-0.2, 0) is 13.0 Å². The van der Waals surface area contributed by atoms with E-state index in [1.54, 1.807) is 36.4 Å². The molecule has 6 rings (SSSR count). The number of carbonyl (C=O) groups is 2. The molecule has 0 saturated heterocycles. The molecular weight excluding hydrogens is 503 g/mol. The Labute approximate surface area is 230 Å². The van der Waals surface area contributed by atoms with Gasteiger partial charge < -0.3 is 14.8 Å². The number of fused-ring (bicyclic) bond motifs is 2. The number of hydrogen-bond donors (Lipinski definition) is 2. The third-order valence-corrected chi connectivity index (χ3v) is 7.12. The first kappa shape index (κ1) is 25.1. The van der Waals surface area contributed by atoms with Crippen molar-refractivity contribution >= 4 is 28.2 Å². The number of benzene rings is 4. The van der Waals surface area contributed by atoms with Crippen molar-refractivity contribution in [2.45, 2.75) is 13.0 Å². The van der Waals surface area contributed by atoms with Crippen molar-refractivity contribution in [2.24, 2.45) is 0 Å². The smallest absolute Gasteiger partial charge is 0.335 e. The molecule has 0 unspecified atom stereocenters. The molecule has 2 N–H and O–H groups in total. The van der Waals surface area contributed by atoms with Gasteiger partial charge >= 0.3 is 5.97 Å². The number of halogens is 1. The summed E-state index contributed by atoms with van der Waals surface area (Å²) in [7, 11) is 0. The highest BCUT2D eigenvalue weighted by molar-refractivity contribution is 6.03. The van der Waals surface area contributed by atoms with E-state index in [9.17, 15) is 14.0 Å². The van der Waals surface area contributed by atoms with Crippen molar-refractivity contribution in [3.8, 4) is 11.1 Å². The number of amides is 1. The number of aromatic nitrogens is 1. The van der Waals surface area contributed by atoms with E-state index in [1.807, 2.05) is 35.0 Å². The molecule has 6 aromatic rings. The molecule has 5 nitrogen and oxygen atoms in total. The van der Waals surface area contributed by atoms with Crippen LogP contribution >= 0.6 is 0 Å². The Bertz CT molecular complexity index is 1890. The minimum absolute atomic E-state index is 0.181. The third kappa shape index (κ3) is 4.95. The number of hydrogen-bond acceptors (Lipinski definition) is 2. The predicted octanol–water partition coefficient (Wildman–Crippen LogP) is 7.12. The lowest BCUT2D eigenvalue weighted by molar-refractivity contribution is 0.0696. The largest absolute Gasteiger partial charge is 0.478 e. The van der Waals surface area contributed by atoms with Gasteiger partial charge in [-0.25, -0.2) is 9.18 Å². The first-order valence-electron chi connectivity index (χ1n) is 12.9. The Morgan fingerprint density at radius 1 is 0.800 bits per heavy atom. The summed E-state index contributed by atoms with van der Waals surface area (Å²) in [6.45, 7) is 0.218. The second-order valence-corrected chi connectivity index (χ2v) is 9.76. The van der Waals surface area contributed by atoms with Crippen LogP contribution in [0, 0.1) is 5.82 Å². The van der Waals surface area contributed by atoms with E-state index in [1.165, 1.54) is 23.6 Å². The molecule has 0 spiro atoms. The number of carboxylic acids is 1. The van der Waals surface area contributed by atoms with Crippen molar-refractivity contribution in [2.75, 3.05) is 0 Å². The van der Waals surface area contributed by atoms with Gasteiger partial charge in [-0.1, -0.05) is 72.8 Å². The molecule has 0 aliphatic rings. The number of nitrogens with zero attached hydrogens (tertiary/aromatic N) is 1. The Morgan fingerprint density at radius 2 is 1.52 bits per heavy atom. The van der Waals surface area contributed by atoms with Crippen molar-refractivity contribution in [1.29, 1.82) is 0 Å². The highest BCUT2D eigenvalue weighted by atomic mass is 19.1. The summed E-state index contributed by atoms with van der Waals surface area (Å²) in [6.07, 6.45) is 4.37. The van der Waals surface area contributed by atoms with E-state index in [-0.39, 0.29) is 23.8 Å². The van der Waals surface area contributed by atoms with Gasteiger partial charge in [0.25, 0.3) is 5.91 Å². The molecular formula is C34H25FN2O3. The van der Waals surface area contributed by atoms with E-state index in [0.717, 1.165) is 27.6 Å². The lowest BCUT2D eigenvalue weighted by Gasteiger charge is -2.13. The maximum absolute atomic E-state index is 14.7. The maximum Gasteiger partial charge on any atom is 0.335 e. The van der Waals surface area contributed by atoms with Crippen LogP contribution in [0.5, 0.6) is 0 Å². The number of nitrogens with one attached hydrogen (secondary N) is 1. The quantitative estimate of drug-likeness (QED) is 0.232. The average molecular weight is 529 g/mol. The molecule has 4 aromatic carbocycles. The Hall–Kier alpha value is -5.23. The van der Waals surface area contributed by atoms with Gasteiger partial charge in [0.05, 0.1) is 16.6 Å². The molecule has 0 fully saturated rings. The van der Waals surface area contributed by atoms with Crippen LogP contribution in [-0.4, -0.2) is 21.4 Å². The summed E-state index contributed by atoms with van der Waals surface area (Å²) in [6, 6.07) is 31.2. The zero-order valence-electron chi connectivity index (χ0n) is 21.5. The summed E-state index contributed by atoms with van der Waals surface area (Å²) < 4.78 is 16.6. The molecule has 0 bridgehead atoms. The zero-order valence-corrected chi connectivity index (χ0v) is 21.5. The number of aromatic carboxylic acids is 1. The first-order chi connectivity index (χ1) is 19.5. The fourth-order valence-electron chi connectivity index (χ4n) is 5.09. The normalized spacial score (nSPS) is 11.1. The predicted molar refractivity (Wildman–Crippen MR) is 154 cm³/mol. The number of carboxylic acid groups (broad SMARTS) is 1. The fraction of sp³-hybridized carbons (Fsp3) is 0.0588. The van der Waals surface area contributed by atoms with E-state index in [0.29, 0.717) is 23.1 Å². The first-order valence-corrected chi connectivity index (χ1v) is 12.9. The van der Waals surface area contributed by atoms with E-state index in [4.69, 9.17) is 5.11 Å². The monoisotopic (exact) mass is 528 g/mol. The van der Waals surface area contributed by atoms with Gasteiger partial charge in [-0.05, 0) is 64.2 Å². The molecule has 0 atom stereocenters. The van der Waals surface area contributed by atoms with Gasteiger partial charge in [-0.2, -0.15) is 0 Å². The van der Waals surface area contributed by atoms with Crippen molar-refractivity contribution in [1.82, 2.24) is 9.72 Å². The van der Waals surface area contributed by atoms with Crippen LogP contribution in [0.25, 0.3) is 27.4 Å². The summed E-state index contributed by atoms with van der Waals surface area (Å²) in [5.74, 6) is -1.67. The minimum Gasteiger partial charge on any atom is -0.478 e. The summed E-state index contributed by atoms with van der Waals surface area (Å²) in [4.78, 5) is 24.8. The van der Waals surface area contributed by atoms with Crippen LogP contribution in [0.1, 0.15) is 37.4 Å². The summed E-state index contributed by atoms with van der Waals surface area (Å²) in [5.41, 5.74) is 5.24. The topological polar surface area (TPSA) is 70.8 Å². The summed E-state index contributed by atoms with van der Waals surface area (Å²) >= 11 is 0. The van der Waals surface area contributed by atoms with E-state index < -0.39 is 5.97 Å². The molecule has 40 heavy (non-hydrogen) atoms. The molecule has 0 radical (unpaired) electrons. The van der Waals surface area contributed by atoms with Crippen molar-refractivity contribution in [3.63, 3.8) is 0 Å². The second kappa shape index (κ2) is 10.5. The standard InChI is InChI=1S/C34H25FN2O3/c35-31-8-4-3-7-29(31)28-19-30(33(38)36-20-22-9-13-25(14-10-22)34(39)40)32-27(15-16-37(32)21-28)18-23-11-12-24-5-1-2-6-26(24)17-23/h1-17,19,21H,18,20H2,(H,36,38)(H,39,40). The van der Waals surface area contributed by atoms with Gasteiger partial charge in [0.1, 0.15) is 5.82 Å². The van der Waals surface area contributed by atoms with Crippen LogP contribution < -0.4 is 5.32 Å². The SMILES string of the molecule is O=C(O)c1ccc(CNC(=O)c2cc(-c3ccccc3F)cn3ccc(Cc4ccc5ccccc5c4)c23)cc1. The number of pyridine rings is 1. The van der Waals surface area contributed by atoms with Gasteiger partial charge in [0.2, 0.25) is 0 Å². The van der Waals surface area contributed by atoms with E-state index in [2.05, 4.69) is 35.6 Å². The maximum atomic E-state index is 14.7. The van der Waals surface area contributed by atoms with Gasteiger partial charge in [0.15, 0.2) is 0 Å². The van der Waals surface area contributed by atoms with E-state index >= 15 is 0 Å². The molecule has 6 heteroatoms. The van der Waals surface area contributed by atoms with Gasteiger partial charge in [-0.15, -0.1) is 0 Å². The third-order valence-electron chi connectivity index (χ3n) is 7.12. The van der Waals surface area contributed by atoms with Gasteiger partial charge in [0, 0.05) is 30.1 Å². The number of carbonyl (C=O) groups excluding carboxylic acids is 1. The lowest BCUT2D eigenvalue weighted by atomic mass is 9.99. The van der Waals surface area contributed by atoms with Crippen molar-refractivity contribution < 1.29 is 19.1 Å². The molecule has 0 aliphatic heterocycles. The molecule has 2 aromatic heterocycles. The average Bonchev–Trinajstić information content (AvgIpc) is 3.38. The van der Waals surface area contributed by atoms with Crippen molar-refractivity contribution in [3.05, 3.63) is 149 Å². The Balaban J connectivity index is 1.38. The highest BCUT2D eigenvalue weighted by Crippen LogP contribution is 2.29. The minimum atomic E-state index is -1.00. The highest BCUT2D eigenvalue weighted by Gasteiger charge is 2.18. The molecule has 0 aliphatic carbocycles. The second-order valence-electron chi connectivity index (χ2n) is 9.76. The van der Waals surface area contributed by atoms with Gasteiger partial charge in [-0.3, -0.25) is 4.79 Å². The molecule has 2 heterocycles. The zero-order chi connectivity index (χ0) is 27.6. The molecule has 196 valence electrons. The Morgan fingerprint density at radius 3 is 2.30 bits per heavy atom.